The predicted octanol–water partition coefficient (Wildman–Crippen LogP) is 3.43. The van der Waals surface area contributed by atoms with Crippen LogP contribution in [0.15, 0.2) is 24.7 Å². The normalized spacial score (nSPS) is 11.7. The van der Waals surface area contributed by atoms with E-state index in [1.165, 1.54) is 0 Å². The predicted molar refractivity (Wildman–Crippen MR) is 100 cm³/mol. The lowest BCUT2D eigenvalue weighted by Gasteiger charge is -2.04. The SMILES string of the molecule is Cc1c(-c2ccn(C(C)C)n2)sc2nc(-c3nccn3C)nc(N)c12. The van der Waals surface area contributed by atoms with Gasteiger partial charge in [-0.15, -0.1) is 11.3 Å². The molecular weight excluding hydrogens is 334 g/mol. The number of hydrogen-bond donors (Lipinski definition) is 1. The van der Waals surface area contributed by atoms with E-state index in [9.17, 15) is 0 Å². The van der Waals surface area contributed by atoms with Gasteiger partial charge in [0, 0.05) is 31.7 Å². The molecular formula is C17H19N7S. The monoisotopic (exact) mass is 353 g/mol. The molecule has 0 saturated carbocycles. The smallest absolute Gasteiger partial charge is 0.199 e. The van der Waals surface area contributed by atoms with Gasteiger partial charge in [-0.1, -0.05) is 0 Å². The van der Waals surface area contributed by atoms with E-state index in [-0.39, 0.29) is 0 Å². The van der Waals surface area contributed by atoms with Gasteiger partial charge in [-0.05, 0) is 32.4 Å². The van der Waals surface area contributed by atoms with Crippen LogP contribution in [0.1, 0.15) is 25.5 Å². The highest BCUT2D eigenvalue weighted by molar-refractivity contribution is 7.22. The van der Waals surface area contributed by atoms with Crippen LogP contribution >= 0.6 is 11.3 Å². The molecule has 0 aliphatic carbocycles. The standard InChI is InChI=1S/C17H19N7S/c1-9(2)24-7-5-11(22-24)13-10(3)12-14(18)20-15(21-17(12)25-13)16-19-6-8-23(16)4/h5-9H,1-4H3,(H2,18,20,21). The second-order valence-corrected chi connectivity index (χ2v) is 7.30. The Labute approximate surface area is 149 Å². The van der Waals surface area contributed by atoms with Crippen molar-refractivity contribution in [2.45, 2.75) is 26.8 Å². The van der Waals surface area contributed by atoms with E-state index in [0.717, 1.165) is 26.4 Å². The molecule has 4 heterocycles. The lowest BCUT2D eigenvalue weighted by molar-refractivity contribution is 0.534. The third kappa shape index (κ3) is 2.49. The number of anilines is 1. The number of nitrogen functional groups attached to an aromatic ring is 1. The lowest BCUT2D eigenvalue weighted by Crippen LogP contribution is -2.01. The minimum atomic E-state index is 0.323. The summed E-state index contributed by atoms with van der Waals surface area (Å²) in [4.78, 5) is 15.4. The largest absolute Gasteiger partial charge is 0.383 e. The Balaban J connectivity index is 1.89. The van der Waals surface area contributed by atoms with Crippen LogP contribution in [0.2, 0.25) is 0 Å². The Morgan fingerprint density at radius 2 is 2.00 bits per heavy atom. The fourth-order valence-electron chi connectivity index (χ4n) is 2.84. The third-order valence-electron chi connectivity index (χ3n) is 4.21. The number of fused-ring (bicyclic) bond motifs is 1. The minimum Gasteiger partial charge on any atom is -0.383 e. The number of aromatic nitrogens is 6. The van der Waals surface area contributed by atoms with E-state index in [0.29, 0.717) is 23.5 Å². The average Bonchev–Trinajstić information content (AvgIpc) is 3.25. The zero-order chi connectivity index (χ0) is 17.7. The van der Waals surface area contributed by atoms with Gasteiger partial charge in [0.15, 0.2) is 11.6 Å². The van der Waals surface area contributed by atoms with Gasteiger partial charge in [0.25, 0.3) is 0 Å². The number of aryl methyl sites for hydroxylation is 2. The van der Waals surface area contributed by atoms with Crippen molar-refractivity contribution >= 4 is 27.4 Å². The molecule has 25 heavy (non-hydrogen) atoms. The van der Waals surface area contributed by atoms with Crippen LogP contribution in [0.5, 0.6) is 0 Å². The maximum absolute atomic E-state index is 6.25. The van der Waals surface area contributed by atoms with Crippen LogP contribution in [0, 0.1) is 6.92 Å². The first kappa shape index (κ1) is 15.8. The average molecular weight is 353 g/mol. The summed E-state index contributed by atoms with van der Waals surface area (Å²) in [6.45, 7) is 6.26. The Kier molecular flexibility index (Phi) is 3.57. The zero-order valence-electron chi connectivity index (χ0n) is 14.6. The van der Waals surface area contributed by atoms with Gasteiger partial charge in [-0.25, -0.2) is 15.0 Å². The van der Waals surface area contributed by atoms with E-state index in [1.54, 1.807) is 17.5 Å². The molecule has 0 amide bonds. The molecule has 0 atom stereocenters. The first-order chi connectivity index (χ1) is 12.0. The number of thiophene rings is 1. The van der Waals surface area contributed by atoms with Gasteiger partial charge in [0.2, 0.25) is 0 Å². The van der Waals surface area contributed by atoms with Crippen LogP contribution in [0.4, 0.5) is 5.82 Å². The molecule has 0 aliphatic heterocycles. The van der Waals surface area contributed by atoms with E-state index >= 15 is 0 Å². The van der Waals surface area contributed by atoms with Crippen molar-refractivity contribution in [2.24, 2.45) is 7.05 Å². The number of nitrogens with two attached hydrogens (primary N) is 1. The summed E-state index contributed by atoms with van der Waals surface area (Å²) in [7, 11) is 1.91. The van der Waals surface area contributed by atoms with E-state index in [1.807, 2.05) is 41.7 Å². The minimum absolute atomic E-state index is 0.323. The first-order valence-corrected chi connectivity index (χ1v) is 8.87. The molecule has 0 aromatic carbocycles. The van der Waals surface area contributed by atoms with E-state index < -0.39 is 0 Å². The summed E-state index contributed by atoms with van der Waals surface area (Å²) < 4.78 is 3.83. The van der Waals surface area contributed by atoms with Crippen molar-refractivity contribution in [3.05, 3.63) is 30.2 Å². The summed E-state index contributed by atoms with van der Waals surface area (Å²) in [5.74, 6) is 1.72. The maximum atomic E-state index is 6.25. The molecule has 8 heteroatoms. The van der Waals surface area contributed by atoms with Gasteiger partial charge < -0.3 is 10.3 Å². The Morgan fingerprint density at radius 1 is 1.20 bits per heavy atom. The lowest BCUT2D eigenvalue weighted by atomic mass is 10.1. The van der Waals surface area contributed by atoms with Crippen molar-refractivity contribution in [3.63, 3.8) is 0 Å². The molecule has 0 spiro atoms. The van der Waals surface area contributed by atoms with Crippen LogP contribution in [-0.2, 0) is 7.05 Å². The summed E-state index contributed by atoms with van der Waals surface area (Å²) in [5.41, 5.74) is 8.26. The molecule has 0 aliphatic rings. The second-order valence-electron chi connectivity index (χ2n) is 6.31. The Morgan fingerprint density at radius 3 is 2.64 bits per heavy atom. The van der Waals surface area contributed by atoms with Gasteiger partial charge in [0.1, 0.15) is 16.3 Å². The van der Waals surface area contributed by atoms with Gasteiger partial charge in [-0.3, -0.25) is 4.68 Å². The fraction of sp³-hybridized carbons (Fsp3) is 0.294. The first-order valence-electron chi connectivity index (χ1n) is 8.05. The maximum Gasteiger partial charge on any atom is 0.199 e. The van der Waals surface area contributed by atoms with Crippen molar-refractivity contribution in [1.82, 2.24) is 29.3 Å². The Hall–Kier alpha value is -2.74. The molecule has 0 bridgehead atoms. The third-order valence-corrected chi connectivity index (χ3v) is 5.42. The molecule has 0 radical (unpaired) electrons. The molecule has 0 fully saturated rings. The van der Waals surface area contributed by atoms with Crippen LogP contribution in [0.3, 0.4) is 0 Å². The summed E-state index contributed by atoms with van der Waals surface area (Å²) in [6.07, 6.45) is 5.59. The van der Waals surface area contributed by atoms with E-state index in [2.05, 4.69) is 28.9 Å². The van der Waals surface area contributed by atoms with Crippen LogP contribution in [0.25, 0.3) is 32.4 Å². The van der Waals surface area contributed by atoms with Crippen molar-refractivity contribution in [1.29, 1.82) is 0 Å². The Bertz CT molecular complexity index is 1070. The summed E-state index contributed by atoms with van der Waals surface area (Å²) in [6, 6.07) is 2.35. The second kappa shape index (κ2) is 5.66. The summed E-state index contributed by atoms with van der Waals surface area (Å²) >= 11 is 1.59. The number of imidazole rings is 1. The quantitative estimate of drug-likeness (QED) is 0.610. The zero-order valence-corrected chi connectivity index (χ0v) is 15.4. The highest BCUT2D eigenvalue weighted by atomic mass is 32.1. The van der Waals surface area contributed by atoms with Gasteiger partial charge >= 0.3 is 0 Å². The molecule has 7 nitrogen and oxygen atoms in total. The molecule has 0 saturated heterocycles. The van der Waals surface area contributed by atoms with Crippen molar-refractivity contribution in [3.8, 4) is 22.2 Å². The molecule has 2 N–H and O–H groups in total. The van der Waals surface area contributed by atoms with Crippen LogP contribution in [-0.4, -0.2) is 29.3 Å². The highest BCUT2D eigenvalue weighted by Gasteiger charge is 2.19. The molecule has 4 aromatic rings. The number of rotatable bonds is 3. The van der Waals surface area contributed by atoms with Gasteiger partial charge in [-0.2, -0.15) is 5.10 Å². The van der Waals surface area contributed by atoms with Gasteiger partial charge in [0.05, 0.1) is 10.3 Å². The highest BCUT2D eigenvalue weighted by Crippen LogP contribution is 2.39. The molecule has 4 rings (SSSR count). The van der Waals surface area contributed by atoms with Crippen molar-refractivity contribution in [2.75, 3.05) is 5.73 Å². The summed E-state index contributed by atoms with van der Waals surface area (Å²) in [5, 5.41) is 5.57. The van der Waals surface area contributed by atoms with E-state index in [4.69, 9.17) is 10.7 Å². The number of nitrogens with zero attached hydrogens (tertiary/aromatic N) is 6. The topological polar surface area (TPSA) is 87.4 Å². The van der Waals surface area contributed by atoms with Crippen LogP contribution < -0.4 is 5.73 Å². The fourth-order valence-corrected chi connectivity index (χ4v) is 4.00. The van der Waals surface area contributed by atoms with Crippen molar-refractivity contribution < 1.29 is 0 Å². The molecule has 4 aromatic heterocycles. The molecule has 0 unspecified atom stereocenters. The molecule has 128 valence electrons. The number of hydrogen-bond acceptors (Lipinski definition) is 6.